The largest absolute Gasteiger partial charge is 0.356 e. The Morgan fingerprint density at radius 1 is 1.23 bits per heavy atom. The summed E-state index contributed by atoms with van der Waals surface area (Å²) >= 11 is 12.2. The number of halogens is 3. The van der Waals surface area contributed by atoms with Crippen LogP contribution >= 0.6 is 23.2 Å². The van der Waals surface area contributed by atoms with Crippen LogP contribution in [0.5, 0.6) is 0 Å². The van der Waals surface area contributed by atoms with Crippen molar-refractivity contribution in [1.29, 1.82) is 0 Å². The first-order chi connectivity index (χ1) is 12.4. The molecule has 132 valence electrons. The highest BCUT2D eigenvalue weighted by Gasteiger charge is 2.53. The van der Waals surface area contributed by atoms with Crippen molar-refractivity contribution in [3.8, 4) is 0 Å². The van der Waals surface area contributed by atoms with Crippen LogP contribution in [0.25, 0.3) is 10.9 Å². The second-order valence-corrected chi connectivity index (χ2v) is 7.78. The predicted molar refractivity (Wildman–Crippen MR) is 100 cm³/mol. The zero-order valence-electron chi connectivity index (χ0n) is 13.7. The maximum atomic E-state index is 14.1. The molecule has 0 aliphatic carbocycles. The molecule has 3 N–H and O–H groups in total. The van der Waals surface area contributed by atoms with Gasteiger partial charge in [0.1, 0.15) is 5.82 Å². The van der Waals surface area contributed by atoms with Gasteiger partial charge in [-0.2, -0.15) is 0 Å². The van der Waals surface area contributed by atoms with E-state index in [1.54, 1.807) is 24.3 Å². The lowest BCUT2D eigenvalue weighted by Gasteiger charge is -2.37. The van der Waals surface area contributed by atoms with Gasteiger partial charge in [-0.05, 0) is 49.2 Å². The van der Waals surface area contributed by atoms with Crippen molar-refractivity contribution in [2.75, 3.05) is 5.32 Å². The summed E-state index contributed by atoms with van der Waals surface area (Å²) in [5, 5.41) is 7.72. The quantitative estimate of drug-likeness (QED) is 0.535. The Morgan fingerprint density at radius 3 is 2.85 bits per heavy atom. The highest BCUT2D eigenvalue weighted by Crippen LogP contribution is 2.47. The molecule has 2 aliphatic heterocycles. The number of amides is 1. The molecule has 5 rings (SSSR count). The summed E-state index contributed by atoms with van der Waals surface area (Å²) in [5.74, 6) is -0.652. The lowest BCUT2D eigenvalue weighted by Crippen LogP contribution is -2.56. The molecule has 4 nitrogen and oxygen atoms in total. The van der Waals surface area contributed by atoms with Gasteiger partial charge < -0.3 is 10.3 Å². The lowest BCUT2D eigenvalue weighted by atomic mass is 9.80. The van der Waals surface area contributed by atoms with E-state index >= 15 is 0 Å². The smallest absolute Gasteiger partial charge is 0.255 e. The number of carbonyl (C=O) groups is 1. The minimum Gasteiger partial charge on any atom is -0.356 e. The molecule has 1 amide bonds. The molecule has 2 aliphatic rings. The van der Waals surface area contributed by atoms with Gasteiger partial charge in [-0.1, -0.05) is 23.2 Å². The van der Waals surface area contributed by atoms with Crippen LogP contribution in [0.1, 0.15) is 23.7 Å². The number of nitrogens with one attached hydrogen (secondary N) is 3. The molecule has 3 aromatic rings. The molecule has 0 radical (unpaired) electrons. The van der Waals surface area contributed by atoms with E-state index in [1.807, 2.05) is 6.92 Å². The topological polar surface area (TPSA) is 56.9 Å². The van der Waals surface area contributed by atoms with Crippen LogP contribution in [0.3, 0.4) is 0 Å². The van der Waals surface area contributed by atoms with Crippen LogP contribution in [0.2, 0.25) is 10.0 Å². The number of hydrogen-bond donors (Lipinski definition) is 3. The van der Waals surface area contributed by atoms with Crippen molar-refractivity contribution in [3.63, 3.8) is 0 Å². The zero-order valence-corrected chi connectivity index (χ0v) is 15.2. The normalized spacial score (nSPS) is 24.0. The number of carbonyl (C=O) groups excluding carboxylic acids is 1. The molecule has 0 fully saturated rings. The Hall–Kier alpha value is -2.08. The van der Waals surface area contributed by atoms with Crippen LogP contribution in [0.15, 0.2) is 30.3 Å². The van der Waals surface area contributed by atoms with Crippen molar-refractivity contribution in [2.45, 2.75) is 24.9 Å². The molecule has 1 spiro atoms. The van der Waals surface area contributed by atoms with Gasteiger partial charge in [0.05, 0.1) is 10.7 Å². The number of anilines is 1. The fraction of sp³-hybridized carbons (Fsp3) is 0.211. The van der Waals surface area contributed by atoms with E-state index in [0.29, 0.717) is 22.7 Å². The number of H-pyrrole nitrogens is 1. The summed E-state index contributed by atoms with van der Waals surface area (Å²) in [4.78, 5) is 16.4. The summed E-state index contributed by atoms with van der Waals surface area (Å²) in [7, 11) is 0. The zero-order chi connectivity index (χ0) is 18.2. The first-order valence-electron chi connectivity index (χ1n) is 8.29. The summed E-state index contributed by atoms with van der Waals surface area (Å²) < 4.78 is 14.1. The minimum atomic E-state index is -1.09. The van der Waals surface area contributed by atoms with E-state index in [9.17, 15) is 9.18 Å². The second-order valence-electron chi connectivity index (χ2n) is 6.93. The maximum absolute atomic E-state index is 14.1. The number of rotatable bonds is 0. The van der Waals surface area contributed by atoms with Crippen LogP contribution in [-0.4, -0.2) is 16.9 Å². The Bertz CT molecular complexity index is 1110. The van der Waals surface area contributed by atoms with Gasteiger partial charge in [0, 0.05) is 33.2 Å². The highest BCUT2D eigenvalue weighted by molar-refractivity contribution is 6.31. The van der Waals surface area contributed by atoms with E-state index in [2.05, 4.69) is 15.6 Å². The predicted octanol–water partition coefficient (Wildman–Crippen LogP) is 4.34. The Labute approximate surface area is 158 Å². The third-order valence-corrected chi connectivity index (χ3v) is 5.79. The van der Waals surface area contributed by atoms with Gasteiger partial charge >= 0.3 is 0 Å². The van der Waals surface area contributed by atoms with E-state index in [1.165, 1.54) is 6.07 Å². The molecule has 0 saturated carbocycles. The van der Waals surface area contributed by atoms with Crippen LogP contribution in [0, 0.1) is 5.82 Å². The van der Waals surface area contributed by atoms with E-state index < -0.39 is 11.4 Å². The molecule has 2 aromatic carbocycles. The van der Waals surface area contributed by atoms with E-state index in [0.717, 1.165) is 22.2 Å². The standard InChI is InChI=1S/C19H14Cl2FN3O/c1-8-4-11-10-6-14(22)13(21)7-16(10)23-17(11)19(25-8)12-5-9(20)2-3-15(12)24-18(19)26/h2-3,5-8,23,25H,4H2,1H3,(H,24,26)/t8-,19-/m1/s1. The molecular weight excluding hydrogens is 376 g/mol. The van der Waals surface area contributed by atoms with E-state index in [-0.39, 0.29) is 17.0 Å². The molecule has 1 aromatic heterocycles. The van der Waals surface area contributed by atoms with Gasteiger partial charge in [-0.3, -0.25) is 10.1 Å². The van der Waals surface area contributed by atoms with Crippen LogP contribution in [0.4, 0.5) is 10.1 Å². The summed E-state index contributed by atoms with van der Waals surface area (Å²) in [6, 6.07) is 8.34. The Morgan fingerprint density at radius 2 is 2.04 bits per heavy atom. The number of hydrogen-bond acceptors (Lipinski definition) is 2. The third kappa shape index (κ3) is 1.96. The molecule has 3 heterocycles. The molecule has 2 atom stereocenters. The number of fused-ring (bicyclic) bond motifs is 6. The first kappa shape index (κ1) is 16.1. The summed E-state index contributed by atoms with van der Waals surface area (Å²) in [6.45, 7) is 2.01. The molecule has 0 saturated heterocycles. The number of aromatic amines is 1. The number of benzene rings is 2. The Balaban J connectivity index is 1.87. The lowest BCUT2D eigenvalue weighted by molar-refractivity contribution is -0.121. The van der Waals surface area contributed by atoms with Crippen molar-refractivity contribution >= 4 is 45.7 Å². The van der Waals surface area contributed by atoms with Gasteiger partial charge in [0.2, 0.25) is 0 Å². The summed E-state index contributed by atoms with van der Waals surface area (Å²) in [6.07, 6.45) is 0.668. The van der Waals surface area contributed by atoms with Gasteiger partial charge in [0.15, 0.2) is 5.54 Å². The van der Waals surface area contributed by atoms with Crippen molar-refractivity contribution < 1.29 is 9.18 Å². The van der Waals surface area contributed by atoms with Crippen LogP contribution < -0.4 is 10.6 Å². The minimum absolute atomic E-state index is 0.0101. The molecule has 0 unspecified atom stereocenters. The molecular formula is C19H14Cl2FN3O. The number of aromatic nitrogens is 1. The average Bonchev–Trinajstić information content (AvgIpc) is 3.06. The van der Waals surface area contributed by atoms with Crippen molar-refractivity contribution in [2.24, 2.45) is 0 Å². The fourth-order valence-electron chi connectivity index (χ4n) is 4.24. The monoisotopic (exact) mass is 389 g/mol. The molecule has 0 bridgehead atoms. The average molecular weight is 390 g/mol. The highest BCUT2D eigenvalue weighted by atomic mass is 35.5. The van der Waals surface area contributed by atoms with Gasteiger partial charge in [0.25, 0.3) is 5.91 Å². The molecule has 7 heteroatoms. The van der Waals surface area contributed by atoms with Crippen molar-refractivity contribution in [1.82, 2.24) is 10.3 Å². The molecule has 26 heavy (non-hydrogen) atoms. The van der Waals surface area contributed by atoms with Crippen molar-refractivity contribution in [3.05, 3.63) is 63.0 Å². The maximum Gasteiger partial charge on any atom is 0.255 e. The van der Waals surface area contributed by atoms with Gasteiger partial charge in [-0.15, -0.1) is 0 Å². The second kappa shape index (κ2) is 5.22. The fourth-order valence-corrected chi connectivity index (χ4v) is 4.58. The summed E-state index contributed by atoms with van der Waals surface area (Å²) in [5.41, 5.74) is 2.74. The SMILES string of the molecule is C[C@@H]1Cc2c([nH]c3cc(Cl)c(F)cc23)[C@@]2(N1)C(=O)Nc1ccc(Cl)cc12. The van der Waals surface area contributed by atoms with Gasteiger partial charge in [-0.25, -0.2) is 4.39 Å². The van der Waals surface area contributed by atoms with Crippen LogP contribution in [-0.2, 0) is 16.8 Å². The third-order valence-electron chi connectivity index (χ3n) is 5.27. The van der Waals surface area contributed by atoms with E-state index in [4.69, 9.17) is 23.2 Å². The Kier molecular flexibility index (Phi) is 3.24. The first-order valence-corrected chi connectivity index (χ1v) is 9.05.